The number of aryl methyl sites for hydroxylation is 2. The smallest absolute Gasteiger partial charge is 0.336 e. The van der Waals surface area contributed by atoms with Crippen LogP contribution in [-0.4, -0.2) is 26.8 Å². The molecule has 1 aromatic carbocycles. The highest BCUT2D eigenvalue weighted by Gasteiger charge is 2.15. The minimum Gasteiger partial charge on any atom is -0.478 e. The molecule has 0 atom stereocenters. The molecule has 1 heterocycles. The highest BCUT2D eigenvalue weighted by atomic mass is 16.4. The molecule has 0 fully saturated rings. The SMILES string of the molecule is Cc1cc(C)c(C(=O)O)cc1NC(=O)c1ccn(C(C)C)n1. The number of amides is 1. The minimum absolute atomic E-state index is 0.168. The van der Waals surface area contributed by atoms with Crippen LogP contribution in [0.1, 0.15) is 51.9 Å². The maximum Gasteiger partial charge on any atom is 0.336 e. The van der Waals surface area contributed by atoms with E-state index >= 15 is 0 Å². The quantitative estimate of drug-likeness (QED) is 0.909. The van der Waals surface area contributed by atoms with E-state index in [4.69, 9.17) is 5.11 Å². The number of aromatic nitrogens is 2. The van der Waals surface area contributed by atoms with Crippen LogP contribution in [0.3, 0.4) is 0 Å². The highest BCUT2D eigenvalue weighted by Crippen LogP contribution is 2.21. The summed E-state index contributed by atoms with van der Waals surface area (Å²) in [4.78, 5) is 23.4. The van der Waals surface area contributed by atoms with Gasteiger partial charge in [0.15, 0.2) is 5.69 Å². The number of carbonyl (C=O) groups excluding carboxylic acids is 1. The van der Waals surface area contributed by atoms with Crippen molar-refractivity contribution in [1.82, 2.24) is 9.78 Å². The van der Waals surface area contributed by atoms with Crippen LogP contribution < -0.4 is 5.32 Å². The number of rotatable bonds is 4. The summed E-state index contributed by atoms with van der Waals surface area (Å²) in [6, 6.07) is 5.02. The van der Waals surface area contributed by atoms with Crippen molar-refractivity contribution in [3.8, 4) is 0 Å². The van der Waals surface area contributed by atoms with Crippen LogP contribution in [0.2, 0.25) is 0 Å². The maximum atomic E-state index is 12.2. The third-order valence-electron chi connectivity index (χ3n) is 3.42. The first-order valence-corrected chi connectivity index (χ1v) is 7.00. The maximum absolute atomic E-state index is 12.2. The van der Waals surface area contributed by atoms with Crippen molar-refractivity contribution in [2.24, 2.45) is 0 Å². The average molecular weight is 301 g/mol. The van der Waals surface area contributed by atoms with Crippen molar-refractivity contribution < 1.29 is 14.7 Å². The Bertz CT molecular complexity index is 732. The normalized spacial score (nSPS) is 10.8. The minimum atomic E-state index is -1.02. The number of hydrogen-bond donors (Lipinski definition) is 2. The van der Waals surface area contributed by atoms with E-state index in [1.807, 2.05) is 20.8 Å². The summed E-state index contributed by atoms with van der Waals surface area (Å²) in [7, 11) is 0. The summed E-state index contributed by atoms with van der Waals surface area (Å²) >= 11 is 0. The van der Waals surface area contributed by atoms with E-state index in [0.717, 1.165) is 5.56 Å². The fourth-order valence-electron chi connectivity index (χ4n) is 2.15. The molecule has 116 valence electrons. The second-order valence-electron chi connectivity index (χ2n) is 5.52. The fourth-order valence-corrected chi connectivity index (χ4v) is 2.15. The van der Waals surface area contributed by atoms with E-state index in [9.17, 15) is 9.59 Å². The van der Waals surface area contributed by atoms with Crippen molar-refractivity contribution >= 4 is 17.6 Å². The van der Waals surface area contributed by atoms with Gasteiger partial charge in [-0.3, -0.25) is 9.48 Å². The molecule has 0 aliphatic heterocycles. The lowest BCUT2D eigenvalue weighted by molar-refractivity contribution is 0.0695. The van der Waals surface area contributed by atoms with Crippen LogP contribution in [0.25, 0.3) is 0 Å². The van der Waals surface area contributed by atoms with Gasteiger partial charge in [0.1, 0.15) is 0 Å². The molecule has 0 aliphatic carbocycles. The lowest BCUT2D eigenvalue weighted by atomic mass is 10.0. The molecule has 0 unspecified atom stereocenters. The molecule has 0 bridgehead atoms. The third-order valence-corrected chi connectivity index (χ3v) is 3.42. The van der Waals surface area contributed by atoms with Crippen LogP contribution in [-0.2, 0) is 0 Å². The number of hydrogen-bond acceptors (Lipinski definition) is 3. The summed E-state index contributed by atoms with van der Waals surface area (Å²) < 4.78 is 1.69. The summed E-state index contributed by atoms with van der Waals surface area (Å²) in [6.45, 7) is 7.49. The molecule has 6 heteroatoms. The molecular formula is C16H19N3O3. The lowest BCUT2D eigenvalue weighted by Crippen LogP contribution is -2.15. The van der Waals surface area contributed by atoms with Crippen LogP contribution in [0.5, 0.6) is 0 Å². The Hall–Kier alpha value is -2.63. The van der Waals surface area contributed by atoms with Gasteiger partial charge in [0.05, 0.1) is 5.56 Å². The molecular weight excluding hydrogens is 282 g/mol. The number of carbonyl (C=O) groups is 2. The molecule has 6 nitrogen and oxygen atoms in total. The lowest BCUT2D eigenvalue weighted by Gasteiger charge is -2.11. The zero-order valence-electron chi connectivity index (χ0n) is 13.0. The molecule has 0 aliphatic rings. The Balaban J connectivity index is 2.27. The van der Waals surface area contributed by atoms with E-state index in [2.05, 4.69) is 10.4 Å². The first-order valence-electron chi connectivity index (χ1n) is 7.00. The zero-order valence-corrected chi connectivity index (χ0v) is 13.0. The Morgan fingerprint density at radius 3 is 2.45 bits per heavy atom. The largest absolute Gasteiger partial charge is 0.478 e. The number of nitrogens with zero attached hydrogens (tertiary/aromatic N) is 2. The zero-order chi connectivity index (χ0) is 16.4. The van der Waals surface area contributed by atoms with Crippen molar-refractivity contribution in [1.29, 1.82) is 0 Å². The number of nitrogens with one attached hydrogen (secondary N) is 1. The van der Waals surface area contributed by atoms with Gasteiger partial charge in [-0.25, -0.2) is 4.79 Å². The van der Waals surface area contributed by atoms with Crippen molar-refractivity contribution in [3.63, 3.8) is 0 Å². The van der Waals surface area contributed by atoms with E-state index in [0.29, 0.717) is 16.9 Å². The predicted octanol–water partition coefficient (Wildman–Crippen LogP) is 3.03. The first-order chi connectivity index (χ1) is 10.3. The topological polar surface area (TPSA) is 84.2 Å². The number of aromatic carboxylic acids is 1. The molecule has 2 N–H and O–H groups in total. The molecule has 1 amide bonds. The molecule has 0 radical (unpaired) electrons. The molecule has 0 spiro atoms. The van der Waals surface area contributed by atoms with Gasteiger partial charge in [0.2, 0.25) is 0 Å². The Labute approximate surface area is 128 Å². The van der Waals surface area contributed by atoms with Gasteiger partial charge in [-0.15, -0.1) is 0 Å². The number of benzene rings is 1. The van der Waals surface area contributed by atoms with Gasteiger partial charge >= 0.3 is 5.97 Å². The summed E-state index contributed by atoms with van der Waals surface area (Å²) in [5.74, 6) is -1.38. The van der Waals surface area contributed by atoms with E-state index < -0.39 is 5.97 Å². The number of anilines is 1. The van der Waals surface area contributed by atoms with E-state index in [1.165, 1.54) is 6.07 Å². The first kappa shape index (κ1) is 15.8. The van der Waals surface area contributed by atoms with E-state index in [-0.39, 0.29) is 17.5 Å². The second kappa shape index (κ2) is 6.01. The number of carboxylic acid groups (broad SMARTS) is 1. The second-order valence-corrected chi connectivity index (χ2v) is 5.52. The fraction of sp³-hybridized carbons (Fsp3) is 0.312. The van der Waals surface area contributed by atoms with E-state index in [1.54, 1.807) is 29.9 Å². The summed E-state index contributed by atoms with van der Waals surface area (Å²) in [5.41, 5.74) is 2.41. The van der Waals surface area contributed by atoms with Crippen molar-refractivity contribution in [2.75, 3.05) is 5.32 Å². The predicted molar refractivity (Wildman–Crippen MR) is 83.4 cm³/mol. The Morgan fingerprint density at radius 2 is 1.91 bits per heavy atom. The van der Waals surface area contributed by atoms with Gasteiger partial charge in [-0.2, -0.15) is 5.10 Å². The monoisotopic (exact) mass is 301 g/mol. The van der Waals surface area contributed by atoms with Gasteiger partial charge in [0, 0.05) is 17.9 Å². The Morgan fingerprint density at radius 1 is 1.23 bits per heavy atom. The molecule has 0 saturated heterocycles. The van der Waals surface area contributed by atoms with Crippen molar-refractivity contribution in [2.45, 2.75) is 33.7 Å². The molecule has 2 rings (SSSR count). The van der Waals surface area contributed by atoms with Gasteiger partial charge < -0.3 is 10.4 Å². The van der Waals surface area contributed by atoms with Crippen LogP contribution in [0.4, 0.5) is 5.69 Å². The van der Waals surface area contributed by atoms with Crippen LogP contribution >= 0.6 is 0 Å². The molecule has 1 aromatic heterocycles. The third kappa shape index (κ3) is 3.16. The van der Waals surface area contributed by atoms with Crippen molar-refractivity contribution in [3.05, 3.63) is 46.8 Å². The molecule has 2 aromatic rings. The molecule has 0 saturated carbocycles. The summed E-state index contributed by atoms with van der Waals surface area (Å²) in [6.07, 6.45) is 1.74. The van der Waals surface area contributed by atoms with Gasteiger partial charge in [0.25, 0.3) is 5.91 Å². The van der Waals surface area contributed by atoms with Crippen LogP contribution in [0.15, 0.2) is 24.4 Å². The van der Waals surface area contributed by atoms with Crippen LogP contribution in [0, 0.1) is 13.8 Å². The summed E-state index contributed by atoms with van der Waals surface area (Å²) in [5, 5.41) is 16.1. The standard InChI is InChI=1S/C16H19N3O3/c1-9(2)19-6-5-13(18-19)15(20)17-14-8-12(16(21)22)10(3)7-11(14)4/h5-9H,1-4H3,(H,17,20)(H,21,22). The van der Waals surface area contributed by atoms with Gasteiger partial charge in [-0.1, -0.05) is 6.07 Å². The van der Waals surface area contributed by atoms with Gasteiger partial charge in [-0.05, 0) is 51.0 Å². The molecule has 22 heavy (non-hydrogen) atoms. The average Bonchev–Trinajstić information content (AvgIpc) is 2.91. The highest BCUT2D eigenvalue weighted by molar-refractivity contribution is 6.04. The number of carboxylic acids is 1. The Kier molecular flexibility index (Phi) is 4.30.